The topological polar surface area (TPSA) is 68.2 Å². The van der Waals surface area contributed by atoms with E-state index in [2.05, 4.69) is 9.82 Å². The first-order valence-corrected chi connectivity index (χ1v) is 4.07. The lowest BCUT2D eigenvalue weighted by atomic mass is 10.1. The molecule has 5 nitrogen and oxygen atoms in total. The molecule has 0 aliphatic heterocycles. The molecule has 1 aromatic carbocycles. The smallest absolute Gasteiger partial charge is 0.299 e. The van der Waals surface area contributed by atoms with Gasteiger partial charge in [-0.3, -0.25) is 4.84 Å². The van der Waals surface area contributed by atoms with Gasteiger partial charge in [0.15, 0.2) is 0 Å². The predicted molar refractivity (Wildman–Crippen MR) is 50.7 cm³/mol. The Labute approximate surface area is 79.4 Å². The maximum absolute atomic E-state index is 10.2. The molecule has 0 aliphatic rings. The van der Waals surface area contributed by atoms with Crippen LogP contribution in [0.3, 0.4) is 0 Å². The van der Waals surface area contributed by atoms with Crippen molar-refractivity contribution in [3.05, 3.63) is 40.1 Å². The molecule has 2 aromatic rings. The molecular formula is C9H8N2O3. The fourth-order valence-electron chi connectivity index (χ4n) is 1.44. The summed E-state index contributed by atoms with van der Waals surface area (Å²) in [5, 5.41) is 10.3. The molecule has 0 fully saturated rings. The quantitative estimate of drug-likeness (QED) is 0.584. The average Bonchev–Trinajstić information content (AvgIpc) is 2.57. The molecule has 0 saturated heterocycles. The summed E-state index contributed by atoms with van der Waals surface area (Å²) in [4.78, 5) is 17.6. The lowest BCUT2D eigenvalue weighted by molar-refractivity contribution is -0.711. The minimum atomic E-state index is -0.805. The van der Waals surface area contributed by atoms with Gasteiger partial charge in [-0.15, -0.1) is 10.1 Å². The third-order valence-electron chi connectivity index (χ3n) is 2.13. The summed E-state index contributed by atoms with van der Waals surface area (Å²) in [6, 6.07) is 5.19. The van der Waals surface area contributed by atoms with Crippen LogP contribution < -0.4 is 4.84 Å². The zero-order valence-electron chi connectivity index (χ0n) is 7.48. The maximum atomic E-state index is 10.2. The van der Waals surface area contributed by atoms with Crippen LogP contribution in [-0.2, 0) is 0 Å². The van der Waals surface area contributed by atoms with Crippen molar-refractivity contribution in [2.24, 2.45) is 0 Å². The number of nitrogens with zero attached hydrogens (tertiary/aromatic N) is 1. The van der Waals surface area contributed by atoms with E-state index in [4.69, 9.17) is 0 Å². The van der Waals surface area contributed by atoms with E-state index < -0.39 is 5.09 Å². The average molecular weight is 192 g/mol. The lowest BCUT2D eigenvalue weighted by Gasteiger charge is -2.03. The van der Waals surface area contributed by atoms with Crippen LogP contribution >= 0.6 is 0 Å². The Kier molecular flexibility index (Phi) is 1.85. The van der Waals surface area contributed by atoms with Crippen LogP contribution in [0.25, 0.3) is 10.9 Å². The second-order valence-electron chi connectivity index (χ2n) is 2.94. The van der Waals surface area contributed by atoms with Crippen LogP contribution in [0.15, 0.2) is 24.4 Å². The van der Waals surface area contributed by atoms with E-state index in [1.54, 1.807) is 25.3 Å². The summed E-state index contributed by atoms with van der Waals surface area (Å²) < 4.78 is 0. The maximum Gasteiger partial charge on any atom is 0.299 e. The Morgan fingerprint density at radius 3 is 2.93 bits per heavy atom. The highest BCUT2D eigenvalue weighted by molar-refractivity contribution is 5.84. The van der Waals surface area contributed by atoms with Gasteiger partial charge in [0.2, 0.25) is 0 Å². The number of aromatic amines is 1. The van der Waals surface area contributed by atoms with Crippen molar-refractivity contribution in [3.8, 4) is 5.75 Å². The van der Waals surface area contributed by atoms with E-state index in [-0.39, 0.29) is 5.75 Å². The normalized spacial score (nSPS) is 10.4. The number of aryl methyl sites for hydroxylation is 1. The van der Waals surface area contributed by atoms with Crippen LogP contribution in [-0.4, -0.2) is 10.1 Å². The van der Waals surface area contributed by atoms with Crippen molar-refractivity contribution in [1.82, 2.24) is 4.98 Å². The molecule has 0 amide bonds. The minimum absolute atomic E-state index is 0.280. The van der Waals surface area contributed by atoms with Gasteiger partial charge in [0.25, 0.3) is 5.09 Å². The van der Waals surface area contributed by atoms with Gasteiger partial charge in [-0.05, 0) is 30.7 Å². The molecule has 1 aromatic heterocycles. The number of aromatic nitrogens is 1. The van der Waals surface area contributed by atoms with E-state index in [0.29, 0.717) is 0 Å². The molecule has 0 bridgehead atoms. The number of hydrogen-bond donors (Lipinski definition) is 1. The summed E-state index contributed by atoms with van der Waals surface area (Å²) in [5.41, 5.74) is 1.71. The van der Waals surface area contributed by atoms with E-state index in [0.717, 1.165) is 16.5 Å². The molecule has 72 valence electrons. The summed E-state index contributed by atoms with van der Waals surface area (Å²) in [7, 11) is 0. The summed E-state index contributed by atoms with van der Waals surface area (Å²) in [6.07, 6.45) is 1.79. The van der Waals surface area contributed by atoms with Gasteiger partial charge in [0.05, 0.1) is 0 Å². The number of benzene rings is 1. The van der Waals surface area contributed by atoms with Crippen LogP contribution in [0.5, 0.6) is 5.75 Å². The van der Waals surface area contributed by atoms with Gasteiger partial charge in [-0.25, -0.2) is 0 Å². The standard InChI is InChI=1S/C9H8N2O3/c1-6-7-4-5-10-8(7)2-3-9(6)14-11(12)13/h2-5,10H,1H3. The molecule has 1 heterocycles. The zero-order chi connectivity index (χ0) is 10.1. The van der Waals surface area contributed by atoms with E-state index in [1.807, 2.05) is 6.07 Å². The molecule has 14 heavy (non-hydrogen) atoms. The van der Waals surface area contributed by atoms with Crippen molar-refractivity contribution in [2.45, 2.75) is 6.92 Å². The van der Waals surface area contributed by atoms with Crippen molar-refractivity contribution in [2.75, 3.05) is 0 Å². The first-order chi connectivity index (χ1) is 6.68. The fraction of sp³-hybridized carbons (Fsp3) is 0.111. The highest BCUT2D eigenvalue weighted by Gasteiger charge is 2.07. The fourth-order valence-corrected chi connectivity index (χ4v) is 1.44. The SMILES string of the molecule is Cc1c(O[N+](=O)[O-])ccc2[nH]ccc12. The molecule has 0 aliphatic carbocycles. The molecule has 0 spiro atoms. The molecule has 0 radical (unpaired) electrons. The van der Waals surface area contributed by atoms with Gasteiger partial charge in [0.1, 0.15) is 5.75 Å². The van der Waals surface area contributed by atoms with Gasteiger partial charge in [-0.1, -0.05) is 0 Å². The third kappa shape index (κ3) is 1.28. The number of hydrogen-bond acceptors (Lipinski definition) is 3. The molecule has 5 heteroatoms. The van der Waals surface area contributed by atoms with E-state index in [1.165, 1.54) is 0 Å². The number of H-pyrrole nitrogens is 1. The molecule has 0 unspecified atom stereocenters. The van der Waals surface area contributed by atoms with Crippen molar-refractivity contribution in [3.63, 3.8) is 0 Å². The van der Waals surface area contributed by atoms with Gasteiger partial charge >= 0.3 is 0 Å². The van der Waals surface area contributed by atoms with Crippen LogP contribution in [0.1, 0.15) is 5.56 Å². The highest BCUT2D eigenvalue weighted by atomic mass is 17.0. The Balaban J connectivity index is 2.56. The van der Waals surface area contributed by atoms with Crippen LogP contribution in [0.4, 0.5) is 0 Å². The Bertz CT molecular complexity index is 490. The number of nitrogens with one attached hydrogen (secondary N) is 1. The van der Waals surface area contributed by atoms with Crippen molar-refractivity contribution in [1.29, 1.82) is 0 Å². The molecular weight excluding hydrogens is 184 g/mol. The zero-order valence-corrected chi connectivity index (χ0v) is 7.48. The van der Waals surface area contributed by atoms with Crippen molar-refractivity contribution >= 4 is 10.9 Å². The van der Waals surface area contributed by atoms with Crippen LogP contribution in [0.2, 0.25) is 0 Å². The summed E-state index contributed by atoms with van der Waals surface area (Å²) >= 11 is 0. The van der Waals surface area contributed by atoms with Gasteiger partial charge in [0, 0.05) is 17.1 Å². The first-order valence-electron chi connectivity index (χ1n) is 4.07. The third-order valence-corrected chi connectivity index (χ3v) is 2.13. The number of rotatable bonds is 2. The Morgan fingerprint density at radius 1 is 1.43 bits per heavy atom. The van der Waals surface area contributed by atoms with E-state index >= 15 is 0 Å². The highest BCUT2D eigenvalue weighted by Crippen LogP contribution is 2.26. The first kappa shape index (κ1) is 8.55. The Hall–Kier alpha value is -2.04. The minimum Gasteiger partial charge on any atom is -0.361 e. The van der Waals surface area contributed by atoms with Crippen molar-refractivity contribution < 1.29 is 9.92 Å². The molecule has 0 saturated carbocycles. The molecule has 2 rings (SSSR count). The Morgan fingerprint density at radius 2 is 2.21 bits per heavy atom. The summed E-state index contributed by atoms with van der Waals surface area (Å²) in [5.74, 6) is 0.280. The monoisotopic (exact) mass is 192 g/mol. The second kappa shape index (κ2) is 3.02. The molecule has 0 atom stereocenters. The van der Waals surface area contributed by atoms with Crippen LogP contribution in [0, 0.1) is 17.0 Å². The van der Waals surface area contributed by atoms with Gasteiger partial charge < -0.3 is 4.98 Å². The lowest BCUT2D eigenvalue weighted by Crippen LogP contribution is -2.04. The van der Waals surface area contributed by atoms with Gasteiger partial charge in [-0.2, -0.15) is 0 Å². The largest absolute Gasteiger partial charge is 0.361 e. The summed E-state index contributed by atoms with van der Waals surface area (Å²) in [6.45, 7) is 1.79. The predicted octanol–water partition coefficient (Wildman–Crippen LogP) is 2.05. The number of fused-ring (bicyclic) bond motifs is 1. The second-order valence-corrected chi connectivity index (χ2v) is 2.94. The molecule has 1 N–H and O–H groups in total. The van der Waals surface area contributed by atoms with E-state index in [9.17, 15) is 10.1 Å².